The maximum atomic E-state index is 12.4. The number of ether oxygens (including phenoxy) is 1. The first-order valence-electron chi connectivity index (χ1n) is 7.32. The van der Waals surface area contributed by atoms with Gasteiger partial charge in [-0.15, -0.1) is 11.3 Å². The average molecular weight is 344 g/mol. The number of carbonyl (C=O) groups excluding carboxylic acids is 1. The van der Waals surface area contributed by atoms with Crippen molar-refractivity contribution in [3.8, 4) is 5.75 Å². The van der Waals surface area contributed by atoms with E-state index in [1.807, 2.05) is 6.92 Å². The first-order valence-corrected chi connectivity index (χ1v) is 8.14. The van der Waals surface area contributed by atoms with Gasteiger partial charge >= 0.3 is 0 Å². The molecule has 0 atom stereocenters. The molecule has 0 bridgehead atoms. The number of carbonyl (C=O) groups is 1. The Morgan fingerprint density at radius 3 is 2.88 bits per heavy atom. The highest BCUT2D eigenvalue weighted by Gasteiger charge is 2.13. The monoisotopic (exact) mass is 344 g/mol. The van der Waals surface area contributed by atoms with Crippen LogP contribution in [0.25, 0.3) is 0 Å². The van der Waals surface area contributed by atoms with Gasteiger partial charge in [-0.25, -0.2) is 4.98 Å². The average Bonchev–Trinajstić information content (AvgIpc) is 3.19. The lowest BCUT2D eigenvalue weighted by atomic mass is 10.2. The van der Waals surface area contributed by atoms with Crippen molar-refractivity contribution in [2.75, 3.05) is 0 Å². The van der Waals surface area contributed by atoms with E-state index in [0.717, 1.165) is 9.88 Å². The van der Waals surface area contributed by atoms with E-state index >= 15 is 0 Å². The Morgan fingerprint density at radius 1 is 1.33 bits per heavy atom. The van der Waals surface area contributed by atoms with E-state index in [1.165, 1.54) is 0 Å². The minimum atomic E-state index is -0.207. The first kappa shape index (κ1) is 16.1. The van der Waals surface area contributed by atoms with Crippen molar-refractivity contribution in [1.82, 2.24) is 20.4 Å². The molecule has 0 spiro atoms. The Kier molecular flexibility index (Phi) is 4.85. The number of nitrogens with zero attached hydrogens (tertiary/aromatic N) is 3. The number of benzene rings is 1. The van der Waals surface area contributed by atoms with Gasteiger partial charge in [-0.05, 0) is 19.1 Å². The zero-order valence-electron chi connectivity index (χ0n) is 13.3. The van der Waals surface area contributed by atoms with Crippen molar-refractivity contribution in [2.45, 2.75) is 27.0 Å². The van der Waals surface area contributed by atoms with Gasteiger partial charge in [-0.2, -0.15) is 4.98 Å². The van der Waals surface area contributed by atoms with Crippen LogP contribution in [0, 0.1) is 13.8 Å². The zero-order chi connectivity index (χ0) is 16.9. The predicted octanol–water partition coefficient (Wildman–Crippen LogP) is 2.65. The largest absolute Gasteiger partial charge is 0.485 e. The molecule has 24 heavy (non-hydrogen) atoms. The molecule has 1 amide bonds. The molecular formula is C16H16N4O3S. The Bertz CT molecular complexity index is 843. The maximum Gasteiger partial charge on any atom is 0.255 e. The molecule has 2 heterocycles. The van der Waals surface area contributed by atoms with Gasteiger partial charge in [0.25, 0.3) is 5.91 Å². The molecule has 0 unspecified atom stereocenters. The van der Waals surface area contributed by atoms with E-state index in [4.69, 9.17) is 9.26 Å². The summed E-state index contributed by atoms with van der Waals surface area (Å²) in [6, 6.07) is 7.04. The van der Waals surface area contributed by atoms with Crippen molar-refractivity contribution >= 4 is 17.2 Å². The molecule has 7 nitrogen and oxygen atoms in total. The van der Waals surface area contributed by atoms with Gasteiger partial charge in [0, 0.05) is 18.0 Å². The van der Waals surface area contributed by atoms with Crippen LogP contribution >= 0.6 is 11.3 Å². The Labute approximate surface area is 142 Å². The van der Waals surface area contributed by atoms with Crippen LogP contribution in [-0.2, 0) is 13.2 Å². The van der Waals surface area contributed by atoms with Crippen LogP contribution in [0.4, 0.5) is 0 Å². The second-order valence-electron chi connectivity index (χ2n) is 5.04. The van der Waals surface area contributed by atoms with Gasteiger partial charge in [0.15, 0.2) is 6.61 Å². The lowest BCUT2D eigenvalue weighted by Gasteiger charge is -2.10. The van der Waals surface area contributed by atoms with E-state index in [2.05, 4.69) is 20.4 Å². The molecule has 0 fully saturated rings. The third-order valence-corrected chi connectivity index (χ3v) is 4.06. The SMILES string of the molecule is Cc1nc(COc2ccccc2C(=O)NCc2cnc(C)s2)no1. The second-order valence-corrected chi connectivity index (χ2v) is 6.36. The molecule has 0 aliphatic carbocycles. The lowest BCUT2D eigenvalue weighted by Crippen LogP contribution is -2.23. The van der Waals surface area contributed by atoms with Crippen LogP contribution in [0.1, 0.15) is 32.0 Å². The molecule has 3 aromatic rings. The van der Waals surface area contributed by atoms with Gasteiger partial charge in [-0.1, -0.05) is 17.3 Å². The summed E-state index contributed by atoms with van der Waals surface area (Å²) in [5.74, 6) is 1.17. The molecule has 0 saturated heterocycles. The van der Waals surface area contributed by atoms with E-state index in [1.54, 1.807) is 48.7 Å². The van der Waals surface area contributed by atoms with Gasteiger partial charge in [0.2, 0.25) is 11.7 Å². The quantitative estimate of drug-likeness (QED) is 0.739. The molecule has 0 saturated carbocycles. The molecule has 0 aliphatic rings. The fourth-order valence-electron chi connectivity index (χ4n) is 2.07. The summed E-state index contributed by atoms with van der Waals surface area (Å²) in [5, 5.41) is 7.61. The number of aromatic nitrogens is 3. The summed E-state index contributed by atoms with van der Waals surface area (Å²) >= 11 is 1.55. The summed E-state index contributed by atoms with van der Waals surface area (Å²) < 4.78 is 10.6. The first-order chi connectivity index (χ1) is 11.6. The third-order valence-electron chi connectivity index (χ3n) is 3.15. The minimum absolute atomic E-state index is 0.135. The van der Waals surface area contributed by atoms with Crippen LogP contribution in [0.3, 0.4) is 0 Å². The molecule has 2 aromatic heterocycles. The van der Waals surface area contributed by atoms with Gasteiger partial charge in [-0.3, -0.25) is 4.79 Å². The van der Waals surface area contributed by atoms with Crippen LogP contribution in [0.15, 0.2) is 35.0 Å². The molecule has 0 aliphatic heterocycles. The smallest absolute Gasteiger partial charge is 0.255 e. The molecule has 1 N–H and O–H groups in total. The number of nitrogens with one attached hydrogen (secondary N) is 1. The standard InChI is InChI=1S/C16H16N4O3S/c1-10-19-15(20-23-10)9-22-14-6-4-3-5-13(14)16(21)18-8-12-7-17-11(2)24-12/h3-7H,8-9H2,1-2H3,(H,18,21). The van der Waals surface area contributed by atoms with E-state index in [9.17, 15) is 4.79 Å². The second kappa shape index (κ2) is 7.22. The van der Waals surface area contributed by atoms with Crippen molar-refractivity contribution < 1.29 is 14.1 Å². The highest BCUT2D eigenvalue weighted by molar-refractivity contribution is 7.11. The summed E-state index contributed by atoms with van der Waals surface area (Å²) in [6.07, 6.45) is 1.77. The van der Waals surface area contributed by atoms with Crippen LogP contribution in [0.5, 0.6) is 5.75 Å². The number of para-hydroxylation sites is 1. The van der Waals surface area contributed by atoms with Crippen molar-refractivity contribution in [3.05, 3.63) is 57.6 Å². The topological polar surface area (TPSA) is 90.1 Å². The van der Waals surface area contributed by atoms with Crippen LogP contribution in [0.2, 0.25) is 0 Å². The van der Waals surface area contributed by atoms with Gasteiger partial charge < -0.3 is 14.6 Å². The summed E-state index contributed by atoms with van der Waals surface area (Å²) in [4.78, 5) is 21.6. The summed E-state index contributed by atoms with van der Waals surface area (Å²) in [6.45, 7) is 4.20. The molecule has 124 valence electrons. The minimum Gasteiger partial charge on any atom is -0.485 e. The third kappa shape index (κ3) is 3.96. The molecular weight excluding hydrogens is 328 g/mol. The highest BCUT2D eigenvalue weighted by atomic mass is 32.1. The molecule has 8 heteroatoms. The predicted molar refractivity (Wildman–Crippen MR) is 87.8 cm³/mol. The van der Waals surface area contributed by atoms with Crippen LogP contribution in [-0.4, -0.2) is 21.0 Å². The summed E-state index contributed by atoms with van der Waals surface area (Å²) in [5.41, 5.74) is 0.457. The maximum absolute atomic E-state index is 12.4. The van der Waals surface area contributed by atoms with E-state index < -0.39 is 0 Å². The van der Waals surface area contributed by atoms with E-state index in [-0.39, 0.29) is 12.5 Å². The number of hydrogen-bond donors (Lipinski definition) is 1. The van der Waals surface area contributed by atoms with Crippen molar-refractivity contribution in [1.29, 1.82) is 0 Å². The normalized spacial score (nSPS) is 10.6. The molecule has 1 aromatic carbocycles. The Balaban J connectivity index is 1.65. The van der Waals surface area contributed by atoms with Gasteiger partial charge in [0.1, 0.15) is 5.75 Å². The molecule has 3 rings (SSSR count). The van der Waals surface area contributed by atoms with Crippen molar-refractivity contribution in [2.24, 2.45) is 0 Å². The number of thiazole rings is 1. The summed E-state index contributed by atoms with van der Waals surface area (Å²) in [7, 11) is 0. The number of amides is 1. The zero-order valence-corrected chi connectivity index (χ0v) is 14.1. The Hall–Kier alpha value is -2.74. The molecule has 0 radical (unpaired) electrons. The highest BCUT2D eigenvalue weighted by Crippen LogP contribution is 2.19. The Morgan fingerprint density at radius 2 is 2.17 bits per heavy atom. The number of hydrogen-bond acceptors (Lipinski definition) is 7. The fourth-order valence-corrected chi connectivity index (χ4v) is 2.81. The van der Waals surface area contributed by atoms with Crippen molar-refractivity contribution in [3.63, 3.8) is 0 Å². The number of aryl methyl sites for hydroxylation is 2. The number of rotatable bonds is 6. The van der Waals surface area contributed by atoms with Gasteiger partial charge in [0.05, 0.1) is 17.1 Å². The van der Waals surface area contributed by atoms with Crippen LogP contribution < -0.4 is 10.1 Å². The fraction of sp³-hybridized carbons (Fsp3) is 0.250. The van der Waals surface area contributed by atoms with E-state index in [0.29, 0.717) is 29.6 Å². The lowest BCUT2D eigenvalue weighted by molar-refractivity contribution is 0.0946.